The number of piperidine rings is 1. The molecule has 1 saturated heterocycles. The normalized spacial score (nSPS) is 20.4. The molecule has 0 unspecified atom stereocenters. The maximum absolute atomic E-state index is 13.0. The Hall–Kier alpha value is -1.68. The minimum atomic E-state index is -0.181. The molecule has 2 heterocycles. The Morgan fingerprint density at radius 3 is 2.52 bits per heavy atom. The van der Waals surface area contributed by atoms with Crippen LogP contribution in [0.15, 0.2) is 35.9 Å². The number of likely N-dealkylation sites (tertiary alicyclic amines) is 1. The third-order valence-electron chi connectivity index (χ3n) is 4.96. The average Bonchev–Trinajstić information content (AvgIpc) is 2.57. The van der Waals surface area contributed by atoms with Gasteiger partial charge in [0.1, 0.15) is 5.82 Å². The zero-order valence-corrected chi connectivity index (χ0v) is 13.8. The van der Waals surface area contributed by atoms with Crippen molar-refractivity contribution in [1.82, 2.24) is 9.80 Å². The lowest BCUT2D eigenvalue weighted by molar-refractivity contribution is -0.128. The maximum Gasteiger partial charge on any atom is 0.250 e. The summed E-state index contributed by atoms with van der Waals surface area (Å²) in [4.78, 5) is 16.8. The largest absolute Gasteiger partial charge is 0.339 e. The van der Waals surface area contributed by atoms with Crippen molar-refractivity contribution in [1.29, 1.82) is 0 Å². The minimum Gasteiger partial charge on any atom is -0.339 e. The summed E-state index contributed by atoms with van der Waals surface area (Å²) in [5.41, 5.74) is 2.14. The molecular weight excluding hydrogens is 291 g/mol. The number of likely N-dealkylation sites (N-methyl/N-ethyl adjacent to an activating group) is 1. The first kappa shape index (κ1) is 16.2. The highest BCUT2D eigenvalue weighted by molar-refractivity contribution is 5.94. The quantitative estimate of drug-likeness (QED) is 0.856. The topological polar surface area (TPSA) is 23.6 Å². The lowest BCUT2D eigenvalue weighted by atomic mass is 9.90. The second-order valence-electron chi connectivity index (χ2n) is 6.82. The summed E-state index contributed by atoms with van der Waals surface area (Å²) in [6.45, 7) is 3.49. The third kappa shape index (κ3) is 4.20. The third-order valence-corrected chi connectivity index (χ3v) is 4.96. The molecule has 0 aliphatic carbocycles. The first-order valence-corrected chi connectivity index (χ1v) is 8.53. The molecule has 0 bridgehead atoms. The standard InChI is InChI=1S/C19H25FN2O/c1-21-10-2-3-17(14-21)19(23)22-11-8-16(9-12-22)13-15-4-6-18(20)7-5-15/h3-7,16H,2,8-14H2,1H3. The molecule has 4 heteroatoms. The Bertz CT molecular complexity index is 574. The van der Waals surface area contributed by atoms with Crippen LogP contribution in [-0.2, 0) is 11.2 Å². The zero-order valence-electron chi connectivity index (χ0n) is 13.8. The second-order valence-corrected chi connectivity index (χ2v) is 6.82. The number of carbonyl (C=O) groups excluding carboxylic acids is 1. The van der Waals surface area contributed by atoms with E-state index in [0.29, 0.717) is 5.92 Å². The highest BCUT2D eigenvalue weighted by atomic mass is 19.1. The maximum atomic E-state index is 13.0. The van der Waals surface area contributed by atoms with E-state index in [1.54, 1.807) is 0 Å². The Morgan fingerprint density at radius 1 is 1.17 bits per heavy atom. The summed E-state index contributed by atoms with van der Waals surface area (Å²) in [6, 6.07) is 6.80. The number of carbonyl (C=O) groups is 1. The number of rotatable bonds is 3. The molecule has 1 amide bonds. The van der Waals surface area contributed by atoms with Crippen LogP contribution < -0.4 is 0 Å². The minimum absolute atomic E-state index is 0.181. The molecule has 0 radical (unpaired) electrons. The molecule has 1 aromatic carbocycles. The van der Waals surface area contributed by atoms with Crippen LogP contribution in [0, 0.1) is 11.7 Å². The Labute approximate surface area is 137 Å². The van der Waals surface area contributed by atoms with Crippen LogP contribution in [0.5, 0.6) is 0 Å². The van der Waals surface area contributed by atoms with E-state index in [-0.39, 0.29) is 11.7 Å². The lowest BCUT2D eigenvalue weighted by Crippen LogP contribution is -2.42. The van der Waals surface area contributed by atoms with E-state index in [1.807, 2.05) is 17.0 Å². The first-order valence-electron chi connectivity index (χ1n) is 8.53. The van der Waals surface area contributed by atoms with Gasteiger partial charge < -0.3 is 9.80 Å². The molecule has 2 aliphatic heterocycles. The van der Waals surface area contributed by atoms with E-state index in [2.05, 4.69) is 18.0 Å². The van der Waals surface area contributed by atoms with Crippen molar-refractivity contribution >= 4 is 5.91 Å². The van der Waals surface area contributed by atoms with E-state index in [4.69, 9.17) is 0 Å². The van der Waals surface area contributed by atoms with Crippen LogP contribution in [0.1, 0.15) is 24.8 Å². The molecule has 0 N–H and O–H groups in total. The van der Waals surface area contributed by atoms with Gasteiger partial charge in [-0.2, -0.15) is 0 Å². The Balaban J connectivity index is 1.51. The van der Waals surface area contributed by atoms with Gasteiger partial charge in [-0.3, -0.25) is 4.79 Å². The predicted molar refractivity (Wildman–Crippen MR) is 89.6 cm³/mol. The van der Waals surface area contributed by atoms with Gasteiger partial charge in [-0.05, 0) is 56.3 Å². The fraction of sp³-hybridized carbons (Fsp3) is 0.526. The van der Waals surface area contributed by atoms with Gasteiger partial charge in [0.2, 0.25) is 0 Å². The number of benzene rings is 1. The van der Waals surface area contributed by atoms with Gasteiger partial charge >= 0.3 is 0 Å². The molecule has 124 valence electrons. The van der Waals surface area contributed by atoms with Gasteiger partial charge in [-0.1, -0.05) is 18.2 Å². The number of hydrogen-bond donors (Lipinski definition) is 0. The second kappa shape index (κ2) is 7.26. The van der Waals surface area contributed by atoms with Crippen molar-refractivity contribution in [3.8, 4) is 0 Å². The van der Waals surface area contributed by atoms with Gasteiger partial charge in [-0.25, -0.2) is 4.39 Å². The molecule has 0 spiro atoms. The van der Waals surface area contributed by atoms with Gasteiger partial charge in [0.05, 0.1) is 0 Å². The fourth-order valence-electron chi connectivity index (χ4n) is 3.55. The van der Waals surface area contributed by atoms with Crippen molar-refractivity contribution in [2.45, 2.75) is 25.7 Å². The van der Waals surface area contributed by atoms with Crippen molar-refractivity contribution in [2.24, 2.45) is 5.92 Å². The number of hydrogen-bond acceptors (Lipinski definition) is 2. The first-order chi connectivity index (χ1) is 11.1. The molecule has 3 rings (SSSR count). The molecular formula is C19H25FN2O. The van der Waals surface area contributed by atoms with Gasteiger partial charge in [-0.15, -0.1) is 0 Å². The number of amides is 1. The van der Waals surface area contributed by atoms with Crippen molar-refractivity contribution in [3.63, 3.8) is 0 Å². The Kier molecular flexibility index (Phi) is 5.11. The molecule has 1 aromatic rings. The Morgan fingerprint density at radius 2 is 1.87 bits per heavy atom. The van der Waals surface area contributed by atoms with E-state index >= 15 is 0 Å². The van der Waals surface area contributed by atoms with Crippen molar-refractivity contribution in [3.05, 3.63) is 47.3 Å². The van der Waals surface area contributed by atoms with Crippen LogP contribution in [0.2, 0.25) is 0 Å². The highest BCUT2D eigenvalue weighted by Gasteiger charge is 2.26. The number of nitrogens with zero attached hydrogens (tertiary/aromatic N) is 2. The molecule has 23 heavy (non-hydrogen) atoms. The van der Waals surface area contributed by atoms with Crippen molar-refractivity contribution < 1.29 is 9.18 Å². The smallest absolute Gasteiger partial charge is 0.250 e. The van der Waals surface area contributed by atoms with Gasteiger partial charge in [0, 0.05) is 31.8 Å². The summed E-state index contributed by atoms with van der Waals surface area (Å²) in [7, 11) is 2.06. The number of halogens is 1. The summed E-state index contributed by atoms with van der Waals surface area (Å²) in [5, 5.41) is 0. The van der Waals surface area contributed by atoms with Crippen LogP contribution in [0.25, 0.3) is 0 Å². The fourth-order valence-corrected chi connectivity index (χ4v) is 3.55. The molecule has 3 nitrogen and oxygen atoms in total. The molecule has 0 atom stereocenters. The van der Waals surface area contributed by atoms with Crippen molar-refractivity contribution in [2.75, 3.05) is 33.2 Å². The van der Waals surface area contributed by atoms with Crippen LogP contribution >= 0.6 is 0 Å². The molecule has 0 saturated carbocycles. The van der Waals surface area contributed by atoms with Gasteiger partial charge in [0.15, 0.2) is 0 Å². The van der Waals surface area contributed by atoms with Crippen LogP contribution in [0.3, 0.4) is 0 Å². The van der Waals surface area contributed by atoms with Crippen LogP contribution in [0.4, 0.5) is 4.39 Å². The molecule has 0 aromatic heterocycles. The van der Waals surface area contributed by atoms with E-state index in [0.717, 1.165) is 57.4 Å². The summed E-state index contributed by atoms with van der Waals surface area (Å²) >= 11 is 0. The van der Waals surface area contributed by atoms with Gasteiger partial charge in [0.25, 0.3) is 5.91 Å². The van der Waals surface area contributed by atoms with Crippen LogP contribution in [-0.4, -0.2) is 48.9 Å². The predicted octanol–water partition coefficient (Wildman–Crippen LogP) is 2.87. The molecule has 1 fully saturated rings. The SMILES string of the molecule is CN1CCC=C(C(=O)N2CCC(Cc3ccc(F)cc3)CC2)C1. The van der Waals surface area contributed by atoms with E-state index < -0.39 is 0 Å². The summed E-state index contributed by atoms with van der Waals surface area (Å²) in [6.07, 6.45) is 6.12. The van der Waals surface area contributed by atoms with E-state index in [9.17, 15) is 9.18 Å². The summed E-state index contributed by atoms with van der Waals surface area (Å²) < 4.78 is 13.0. The molecule has 2 aliphatic rings. The lowest BCUT2D eigenvalue weighted by Gasteiger charge is -2.34. The summed E-state index contributed by atoms with van der Waals surface area (Å²) in [5.74, 6) is 0.629. The monoisotopic (exact) mass is 316 g/mol. The van der Waals surface area contributed by atoms with E-state index in [1.165, 1.54) is 17.7 Å². The highest BCUT2D eigenvalue weighted by Crippen LogP contribution is 2.23. The average molecular weight is 316 g/mol. The zero-order chi connectivity index (χ0) is 16.2.